The van der Waals surface area contributed by atoms with Gasteiger partial charge >= 0.3 is 0 Å². The number of nitrogens with one attached hydrogen (secondary N) is 1. The Morgan fingerprint density at radius 3 is 2.68 bits per heavy atom. The second-order valence-electron chi connectivity index (χ2n) is 6.19. The van der Waals surface area contributed by atoms with Crippen molar-refractivity contribution < 1.29 is 15.0 Å². The first-order valence-corrected chi connectivity index (χ1v) is 10.7. The molecular formula is C18H19I2N5O3. The van der Waals surface area contributed by atoms with E-state index in [1.165, 1.54) is 0 Å². The molecule has 1 atom stereocenters. The molecule has 0 aliphatic carbocycles. The monoisotopic (exact) mass is 607 g/mol. The molecule has 2 aromatic heterocycles. The number of anilines is 1. The Hall–Kier alpha value is -1.67. The van der Waals surface area contributed by atoms with Crippen LogP contribution in [0.15, 0.2) is 30.5 Å². The highest BCUT2D eigenvalue weighted by atomic mass is 127. The number of hydrogen-bond acceptors (Lipinski definition) is 6. The van der Waals surface area contributed by atoms with Crippen molar-refractivity contribution in [3.05, 3.63) is 43.2 Å². The molecule has 3 aromatic rings. The van der Waals surface area contributed by atoms with Gasteiger partial charge in [0.25, 0.3) is 0 Å². The molecule has 0 saturated carbocycles. The van der Waals surface area contributed by atoms with Gasteiger partial charge in [0.2, 0.25) is 11.9 Å². The van der Waals surface area contributed by atoms with Crippen LogP contribution in [0.2, 0.25) is 0 Å². The van der Waals surface area contributed by atoms with Crippen LogP contribution in [0.5, 0.6) is 5.75 Å². The van der Waals surface area contributed by atoms with Crippen LogP contribution in [-0.2, 0) is 11.2 Å². The largest absolute Gasteiger partial charge is 0.506 e. The van der Waals surface area contributed by atoms with E-state index in [1.807, 2.05) is 18.2 Å². The third-order valence-corrected chi connectivity index (χ3v) is 5.86. The van der Waals surface area contributed by atoms with Gasteiger partial charge in [-0.2, -0.15) is 0 Å². The van der Waals surface area contributed by atoms with Crippen LogP contribution in [0, 0.1) is 7.14 Å². The number of phenols is 1. The zero-order valence-corrected chi connectivity index (χ0v) is 19.1. The van der Waals surface area contributed by atoms with Crippen LogP contribution < -0.4 is 11.1 Å². The number of halogens is 2. The smallest absolute Gasteiger partial charge is 0.241 e. The highest BCUT2D eigenvalue weighted by molar-refractivity contribution is 14.1. The first-order valence-electron chi connectivity index (χ1n) is 8.56. The van der Waals surface area contributed by atoms with Crippen molar-refractivity contribution in [3.63, 3.8) is 0 Å². The maximum Gasteiger partial charge on any atom is 0.241 e. The van der Waals surface area contributed by atoms with Crippen LogP contribution in [0.3, 0.4) is 0 Å². The molecule has 0 radical (unpaired) electrons. The topological polar surface area (TPSA) is 126 Å². The number of benzene rings is 1. The van der Waals surface area contributed by atoms with E-state index in [0.29, 0.717) is 43.6 Å². The number of aliphatic hydroxyl groups is 1. The third kappa shape index (κ3) is 4.49. The van der Waals surface area contributed by atoms with Crippen molar-refractivity contribution in [2.24, 2.45) is 5.73 Å². The van der Waals surface area contributed by atoms with E-state index in [-0.39, 0.29) is 12.4 Å². The van der Waals surface area contributed by atoms with Gasteiger partial charge in [-0.05, 0) is 81.4 Å². The van der Waals surface area contributed by atoms with E-state index in [1.54, 1.807) is 16.8 Å². The maximum atomic E-state index is 12.4. The molecule has 0 saturated heterocycles. The van der Waals surface area contributed by atoms with Gasteiger partial charge in [0.15, 0.2) is 5.65 Å². The molecule has 0 aliphatic rings. The lowest BCUT2D eigenvalue weighted by Gasteiger charge is -2.19. The number of aromatic nitrogens is 3. The molecule has 2 heterocycles. The summed E-state index contributed by atoms with van der Waals surface area (Å²) in [7, 11) is 0. The van der Waals surface area contributed by atoms with E-state index in [9.17, 15) is 9.90 Å². The van der Waals surface area contributed by atoms with Gasteiger partial charge in [0.05, 0.1) is 7.14 Å². The molecule has 1 amide bonds. The number of rotatable bonds is 8. The first kappa shape index (κ1) is 21.0. The Balaban J connectivity index is 2.05. The Bertz CT molecular complexity index is 985. The summed E-state index contributed by atoms with van der Waals surface area (Å²) in [5.41, 5.74) is 7.83. The summed E-state index contributed by atoms with van der Waals surface area (Å²) < 4.78 is 3.12. The summed E-state index contributed by atoms with van der Waals surface area (Å²) >= 11 is 4.12. The van der Waals surface area contributed by atoms with Crippen LogP contribution >= 0.6 is 45.2 Å². The Morgan fingerprint density at radius 1 is 1.32 bits per heavy atom. The van der Waals surface area contributed by atoms with E-state index in [4.69, 9.17) is 10.8 Å². The fourth-order valence-electron chi connectivity index (χ4n) is 2.91. The van der Waals surface area contributed by atoms with Gasteiger partial charge < -0.3 is 21.3 Å². The lowest BCUT2D eigenvalue weighted by Crippen LogP contribution is -2.29. The van der Waals surface area contributed by atoms with Crippen molar-refractivity contribution in [2.45, 2.75) is 18.9 Å². The standard InChI is InChI=1S/C18H19I2N5O3/c19-11-7-10(8-12(20)15(11)27)9-14(16(21)28)25-17-13(3-1-4-22-17)24-18(25)23-5-2-6-26/h1,3-4,7-8,14,26-27H,2,5-6,9H2,(H2,21,28)(H,23,24). The number of imidazole rings is 1. The van der Waals surface area contributed by atoms with Crippen molar-refractivity contribution in [2.75, 3.05) is 18.5 Å². The van der Waals surface area contributed by atoms with Gasteiger partial charge in [-0.15, -0.1) is 0 Å². The number of aliphatic hydroxyl groups excluding tert-OH is 1. The number of pyridine rings is 1. The average molecular weight is 607 g/mol. The Morgan fingerprint density at radius 2 is 2.04 bits per heavy atom. The van der Waals surface area contributed by atoms with Crippen LogP contribution in [0.4, 0.5) is 5.95 Å². The quantitative estimate of drug-likeness (QED) is 0.230. The lowest BCUT2D eigenvalue weighted by molar-refractivity contribution is -0.121. The number of primary amides is 1. The number of nitrogens with two attached hydrogens (primary N) is 1. The molecular weight excluding hydrogens is 588 g/mol. The van der Waals surface area contributed by atoms with E-state index in [2.05, 4.69) is 60.5 Å². The van der Waals surface area contributed by atoms with Crippen molar-refractivity contribution in [3.8, 4) is 5.75 Å². The third-order valence-electron chi connectivity index (χ3n) is 4.21. The summed E-state index contributed by atoms with van der Waals surface area (Å²) in [6, 6.07) is 6.55. The molecule has 0 fully saturated rings. The maximum absolute atomic E-state index is 12.4. The molecule has 5 N–H and O–H groups in total. The fourth-order valence-corrected chi connectivity index (χ4v) is 4.80. The molecule has 1 aromatic carbocycles. The van der Waals surface area contributed by atoms with Crippen molar-refractivity contribution in [1.82, 2.24) is 14.5 Å². The first-order chi connectivity index (χ1) is 13.4. The second-order valence-corrected chi connectivity index (χ2v) is 8.51. The molecule has 0 bridgehead atoms. The number of fused-ring (bicyclic) bond motifs is 1. The van der Waals surface area contributed by atoms with E-state index >= 15 is 0 Å². The Labute approximate surface area is 188 Å². The number of aromatic hydroxyl groups is 1. The van der Waals surface area contributed by atoms with Gasteiger partial charge in [-0.25, -0.2) is 9.97 Å². The summed E-state index contributed by atoms with van der Waals surface area (Å²) in [6.07, 6.45) is 2.52. The summed E-state index contributed by atoms with van der Waals surface area (Å²) in [6.45, 7) is 0.551. The lowest BCUT2D eigenvalue weighted by atomic mass is 10.0. The number of amides is 1. The van der Waals surface area contributed by atoms with Crippen LogP contribution in [0.25, 0.3) is 11.2 Å². The van der Waals surface area contributed by atoms with Gasteiger partial charge in [-0.3, -0.25) is 9.36 Å². The van der Waals surface area contributed by atoms with Crippen molar-refractivity contribution >= 4 is 68.2 Å². The minimum Gasteiger partial charge on any atom is -0.506 e. The molecule has 148 valence electrons. The second kappa shape index (κ2) is 9.22. The van der Waals surface area contributed by atoms with Crippen LogP contribution in [-0.4, -0.2) is 43.8 Å². The molecule has 0 aliphatic heterocycles. The molecule has 8 nitrogen and oxygen atoms in total. The molecule has 0 spiro atoms. The van der Waals surface area contributed by atoms with E-state index < -0.39 is 11.9 Å². The minimum atomic E-state index is -0.715. The summed E-state index contributed by atoms with van der Waals surface area (Å²) in [5.74, 6) is 0.198. The van der Waals surface area contributed by atoms with Gasteiger partial charge in [0, 0.05) is 25.8 Å². The zero-order chi connectivity index (χ0) is 20.3. The van der Waals surface area contributed by atoms with E-state index in [0.717, 1.165) is 5.56 Å². The molecule has 3 rings (SSSR count). The predicted molar refractivity (Wildman–Crippen MR) is 123 cm³/mol. The highest BCUT2D eigenvalue weighted by Crippen LogP contribution is 2.31. The van der Waals surface area contributed by atoms with Crippen molar-refractivity contribution in [1.29, 1.82) is 0 Å². The Kier molecular flexibility index (Phi) is 6.93. The normalized spacial score (nSPS) is 12.2. The molecule has 10 heteroatoms. The zero-order valence-electron chi connectivity index (χ0n) is 14.8. The summed E-state index contributed by atoms with van der Waals surface area (Å²) in [4.78, 5) is 21.3. The number of nitrogens with zero attached hydrogens (tertiary/aromatic N) is 3. The van der Waals surface area contributed by atoms with Gasteiger partial charge in [0.1, 0.15) is 17.3 Å². The molecule has 1 unspecified atom stereocenters. The number of hydrogen-bond donors (Lipinski definition) is 4. The number of phenolic OH excluding ortho intramolecular Hbond substituents is 1. The average Bonchev–Trinajstić information content (AvgIpc) is 3.02. The predicted octanol–water partition coefficient (Wildman–Crippen LogP) is 2.41. The number of carbonyl (C=O) groups excluding carboxylic acids is 1. The molecule has 28 heavy (non-hydrogen) atoms. The van der Waals surface area contributed by atoms with Crippen LogP contribution in [0.1, 0.15) is 18.0 Å². The minimum absolute atomic E-state index is 0.0507. The number of carbonyl (C=O) groups is 1. The summed E-state index contributed by atoms with van der Waals surface area (Å²) in [5, 5.41) is 22.2. The fraction of sp³-hybridized carbons (Fsp3) is 0.278. The SMILES string of the molecule is NC(=O)C(Cc1cc(I)c(O)c(I)c1)n1c(NCCCO)nc2cccnc21. The van der Waals surface area contributed by atoms with Gasteiger partial charge in [-0.1, -0.05) is 0 Å². The highest BCUT2D eigenvalue weighted by Gasteiger charge is 2.25.